The zero-order valence-electron chi connectivity index (χ0n) is 14.2. The van der Waals surface area contributed by atoms with Gasteiger partial charge in [0.1, 0.15) is 5.60 Å². The highest BCUT2D eigenvalue weighted by Crippen LogP contribution is 2.27. The van der Waals surface area contributed by atoms with Crippen molar-refractivity contribution in [3.63, 3.8) is 0 Å². The minimum atomic E-state index is -0.444. The van der Waals surface area contributed by atoms with Crippen molar-refractivity contribution in [1.82, 2.24) is 4.90 Å². The van der Waals surface area contributed by atoms with E-state index in [9.17, 15) is 4.79 Å². The van der Waals surface area contributed by atoms with Crippen molar-refractivity contribution in [1.29, 1.82) is 0 Å². The van der Waals surface area contributed by atoms with Crippen LogP contribution in [0.5, 0.6) is 0 Å². The normalized spacial score (nSPS) is 14.5. The van der Waals surface area contributed by atoms with E-state index in [1.54, 1.807) is 4.90 Å². The van der Waals surface area contributed by atoms with Crippen LogP contribution >= 0.6 is 0 Å². The number of anilines is 1. The Morgan fingerprint density at radius 1 is 1.36 bits per heavy atom. The lowest BCUT2D eigenvalue weighted by molar-refractivity contribution is 0.0224. The van der Waals surface area contributed by atoms with Crippen molar-refractivity contribution in [2.75, 3.05) is 18.4 Å². The molecule has 1 heterocycles. The van der Waals surface area contributed by atoms with Crippen molar-refractivity contribution in [3.05, 3.63) is 29.3 Å². The molecule has 0 aromatic heterocycles. The molecule has 1 N–H and O–H groups in total. The molecule has 4 nitrogen and oxygen atoms in total. The Hall–Kier alpha value is -1.71. The largest absolute Gasteiger partial charge is 0.444 e. The van der Waals surface area contributed by atoms with E-state index in [1.807, 2.05) is 20.8 Å². The third-order valence-electron chi connectivity index (χ3n) is 3.76. The topological polar surface area (TPSA) is 41.6 Å². The number of rotatable bonds is 4. The van der Waals surface area contributed by atoms with Gasteiger partial charge in [0.25, 0.3) is 0 Å². The van der Waals surface area contributed by atoms with Gasteiger partial charge in [-0.25, -0.2) is 4.79 Å². The van der Waals surface area contributed by atoms with Gasteiger partial charge < -0.3 is 15.0 Å². The fraction of sp³-hybridized carbons (Fsp3) is 0.611. The van der Waals surface area contributed by atoms with Crippen molar-refractivity contribution < 1.29 is 9.53 Å². The Morgan fingerprint density at radius 3 is 2.82 bits per heavy atom. The second-order valence-electron chi connectivity index (χ2n) is 6.88. The van der Waals surface area contributed by atoms with Crippen LogP contribution in [0.4, 0.5) is 10.5 Å². The van der Waals surface area contributed by atoms with Gasteiger partial charge in [-0.1, -0.05) is 25.5 Å². The van der Waals surface area contributed by atoms with E-state index in [1.165, 1.54) is 29.7 Å². The maximum Gasteiger partial charge on any atom is 0.410 e. The summed E-state index contributed by atoms with van der Waals surface area (Å²) in [5.41, 5.74) is 3.34. The number of hydrogen-bond donors (Lipinski definition) is 1. The second kappa shape index (κ2) is 7.03. The van der Waals surface area contributed by atoms with Crippen LogP contribution in [0.3, 0.4) is 0 Å². The molecule has 0 atom stereocenters. The fourth-order valence-electron chi connectivity index (χ4n) is 2.66. The minimum absolute atomic E-state index is 0.220. The first-order chi connectivity index (χ1) is 10.4. The SMILES string of the molecule is CCCCNc1cccc2c1CCN(C(=O)OC(C)(C)C)C2. The summed E-state index contributed by atoms with van der Waals surface area (Å²) >= 11 is 0. The lowest BCUT2D eigenvalue weighted by Crippen LogP contribution is -2.40. The van der Waals surface area contributed by atoms with Gasteiger partial charge in [-0.2, -0.15) is 0 Å². The van der Waals surface area contributed by atoms with Crippen LogP contribution in [-0.2, 0) is 17.7 Å². The van der Waals surface area contributed by atoms with Gasteiger partial charge in [0.2, 0.25) is 0 Å². The summed E-state index contributed by atoms with van der Waals surface area (Å²) in [6.07, 6.45) is 3.02. The summed E-state index contributed by atoms with van der Waals surface area (Å²) in [6.45, 7) is 10.3. The summed E-state index contributed by atoms with van der Waals surface area (Å²) in [6, 6.07) is 6.31. The maximum absolute atomic E-state index is 12.2. The van der Waals surface area contributed by atoms with Gasteiger partial charge in [-0.3, -0.25) is 0 Å². The van der Waals surface area contributed by atoms with Gasteiger partial charge >= 0.3 is 6.09 Å². The second-order valence-corrected chi connectivity index (χ2v) is 6.88. The molecule has 122 valence electrons. The highest BCUT2D eigenvalue weighted by atomic mass is 16.6. The van der Waals surface area contributed by atoms with E-state index in [0.717, 1.165) is 13.0 Å². The van der Waals surface area contributed by atoms with Crippen molar-refractivity contribution >= 4 is 11.8 Å². The molecule has 0 fully saturated rings. The third-order valence-corrected chi connectivity index (χ3v) is 3.76. The zero-order chi connectivity index (χ0) is 16.2. The molecule has 22 heavy (non-hydrogen) atoms. The predicted octanol–water partition coefficient (Wildman–Crippen LogP) is 4.19. The molecule has 2 rings (SSSR count). The number of carbonyl (C=O) groups excluding carboxylic acids is 1. The Bertz CT molecular complexity index is 520. The molecular formula is C18H28N2O2. The van der Waals surface area contributed by atoms with Gasteiger partial charge in [-0.15, -0.1) is 0 Å². The first kappa shape index (κ1) is 16.7. The maximum atomic E-state index is 12.2. The van der Waals surface area contributed by atoms with Crippen LogP contribution in [-0.4, -0.2) is 29.7 Å². The molecule has 1 aliphatic rings. The molecule has 0 radical (unpaired) electrons. The minimum Gasteiger partial charge on any atom is -0.444 e. The average molecular weight is 304 g/mol. The van der Waals surface area contributed by atoms with Crippen LogP contribution < -0.4 is 5.32 Å². The number of benzene rings is 1. The van der Waals surface area contributed by atoms with E-state index < -0.39 is 5.60 Å². The first-order valence-corrected chi connectivity index (χ1v) is 8.23. The van der Waals surface area contributed by atoms with E-state index >= 15 is 0 Å². The molecule has 1 amide bonds. The number of unbranched alkanes of at least 4 members (excludes halogenated alkanes) is 1. The number of hydrogen-bond acceptors (Lipinski definition) is 3. The van der Waals surface area contributed by atoms with E-state index in [2.05, 4.69) is 30.4 Å². The summed E-state index contributed by atoms with van der Waals surface area (Å²) in [5.74, 6) is 0. The highest BCUT2D eigenvalue weighted by molar-refractivity contribution is 5.69. The number of amides is 1. The van der Waals surface area contributed by atoms with E-state index in [0.29, 0.717) is 13.1 Å². The van der Waals surface area contributed by atoms with Gasteiger partial charge in [-0.05, 0) is 50.8 Å². The average Bonchev–Trinajstić information content (AvgIpc) is 2.45. The smallest absolute Gasteiger partial charge is 0.410 e. The molecule has 1 aromatic rings. The number of ether oxygens (including phenoxy) is 1. The summed E-state index contributed by atoms with van der Waals surface area (Å²) in [5, 5.41) is 3.52. The zero-order valence-corrected chi connectivity index (χ0v) is 14.2. The lowest BCUT2D eigenvalue weighted by atomic mass is 9.98. The van der Waals surface area contributed by atoms with Crippen LogP contribution in [0.1, 0.15) is 51.7 Å². The number of carbonyl (C=O) groups is 1. The van der Waals surface area contributed by atoms with Gasteiger partial charge in [0.15, 0.2) is 0 Å². The molecule has 0 aliphatic carbocycles. The van der Waals surface area contributed by atoms with E-state index in [4.69, 9.17) is 4.74 Å². The molecule has 1 aromatic carbocycles. The molecule has 0 saturated heterocycles. The fourth-order valence-corrected chi connectivity index (χ4v) is 2.66. The Morgan fingerprint density at radius 2 is 2.14 bits per heavy atom. The molecule has 0 saturated carbocycles. The van der Waals surface area contributed by atoms with Crippen molar-refractivity contribution in [3.8, 4) is 0 Å². The van der Waals surface area contributed by atoms with Crippen LogP contribution in [0.2, 0.25) is 0 Å². The van der Waals surface area contributed by atoms with Crippen molar-refractivity contribution in [2.45, 2.75) is 59.1 Å². The predicted molar refractivity (Wildman–Crippen MR) is 90.2 cm³/mol. The molecule has 4 heteroatoms. The third kappa shape index (κ3) is 4.39. The quantitative estimate of drug-likeness (QED) is 0.848. The number of fused-ring (bicyclic) bond motifs is 1. The summed E-state index contributed by atoms with van der Waals surface area (Å²) < 4.78 is 5.47. The molecule has 0 bridgehead atoms. The van der Waals surface area contributed by atoms with Crippen molar-refractivity contribution in [2.24, 2.45) is 0 Å². The standard InChI is InChI=1S/C18H28N2O2/c1-5-6-11-19-16-9-7-8-14-13-20(12-10-15(14)16)17(21)22-18(2,3)4/h7-9,19H,5-6,10-13H2,1-4H3. The molecular weight excluding hydrogens is 276 g/mol. The lowest BCUT2D eigenvalue weighted by Gasteiger charge is -2.32. The molecule has 0 spiro atoms. The monoisotopic (exact) mass is 304 g/mol. The number of nitrogens with zero attached hydrogens (tertiary/aromatic N) is 1. The number of nitrogens with one attached hydrogen (secondary N) is 1. The van der Waals surface area contributed by atoms with Crippen LogP contribution in [0.15, 0.2) is 18.2 Å². The Labute approximate surface area is 133 Å². The molecule has 0 unspecified atom stereocenters. The molecule has 1 aliphatic heterocycles. The Kier molecular flexibility index (Phi) is 5.33. The summed E-state index contributed by atoms with van der Waals surface area (Å²) in [4.78, 5) is 14.0. The summed E-state index contributed by atoms with van der Waals surface area (Å²) in [7, 11) is 0. The first-order valence-electron chi connectivity index (χ1n) is 8.23. The van der Waals surface area contributed by atoms with Crippen LogP contribution in [0.25, 0.3) is 0 Å². The van der Waals surface area contributed by atoms with Crippen LogP contribution in [0, 0.1) is 0 Å². The highest BCUT2D eigenvalue weighted by Gasteiger charge is 2.26. The Balaban J connectivity index is 2.05. The van der Waals surface area contributed by atoms with Gasteiger partial charge in [0.05, 0.1) is 0 Å². The van der Waals surface area contributed by atoms with E-state index in [-0.39, 0.29) is 6.09 Å². The van der Waals surface area contributed by atoms with Gasteiger partial charge in [0, 0.05) is 25.3 Å².